The number of nitrogens with zero attached hydrogens (tertiary/aromatic N) is 4. The second-order valence-electron chi connectivity index (χ2n) is 7.37. The van der Waals surface area contributed by atoms with Crippen molar-refractivity contribution in [1.82, 2.24) is 19.7 Å². The first-order chi connectivity index (χ1) is 14.5. The molecule has 0 bridgehead atoms. The molecule has 0 amide bonds. The summed E-state index contributed by atoms with van der Waals surface area (Å²) in [6, 6.07) is 7.11. The van der Waals surface area contributed by atoms with E-state index >= 15 is 0 Å². The van der Waals surface area contributed by atoms with E-state index in [-0.39, 0.29) is 0 Å². The summed E-state index contributed by atoms with van der Waals surface area (Å²) in [6.07, 6.45) is 3.84. The molecule has 0 aliphatic carbocycles. The first-order valence-electron chi connectivity index (χ1n) is 9.95. The van der Waals surface area contributed by atoms with Gasteiger partial charge in [0.1, 0.15) is 29.1 Å². The molecule has 1 unspecified atom stereocenters. The SMILES string of the molecule is Cc1nc(Nc2ccn(C3CCOCC3)n2)cc(NC(C)c2ccc(F)cc2F)n1. The molecular formula is C21H24F2N6O. The number of rotatable bonds is 6. The van der Waals surface area contributed by atoms with Crippen LogP contribution in [0.5, 0.6) is 0 Å². The lowest BCUT2D eigenvalue weighted by Gasteiger charge is -2.22. The zero-order chi connectivity index (χ0) is 21.1. The largest absolute Gasteiger partial charge is 0.381 e. The molecule has 7 nitrogen and oxygen atoms in total. The first-order valence-corrected chi connectivity index (χ1v) is 9.95. The topological polar surface area (TPSA) is 76.9 Å². The molecule has 0 radical (unpaired) electrons. The monoisotopic (exact) mass is 414 g/mol. The van der Waals surface area contributed by atoms with Gasteiger partial charge in [-0.3, -0.25) is 4.68 Å². The summed E-state index contributed by atoms with van der Waals surface area (Å²) in [4.78, 5) is 8.77. The van der Waals surface area contributed by atoms with Gasteiger partial charge in [0.15, 0.2) is 5.82 Å². The van der Waals surface area contributed by atoms with E-state index in [1.54, 1.807) is 19.9 Å². The summed E-state index contributed by atoms with van der Waals surface area (Å²) in [5.41, 5.74) is 0.359. The third kappa shape index (κ3) is 4.73. The Balaban J connectivity index is 1.47. The minimum absolute atomic E-state index is 0.338. The molecule has 0 spiro atoms. The Morgan fingerprint density at radius 3 is 2.60 bits per heavy atom. The van der Waals surface area contributed by atoms with Crippen molar-refractivity contribution in [2.75, 3.05) is 23.8 Å². The maximum Gasteiger partial charge on any atom is 0.153 e. The molecule has 1 atom stereocenters. The van der Waals surface area contributed by atoms with Gasteiger partial charge in [0, 0.05) is 43.2 Å². The van der Waals surface area contributed by atoms with Crippen molar-refractivity contribution in [2.45, 2.75) is 38.8 Å². The van der Waals surface area contributed by atoms with Gasteiger partial charge in [0.2, 0.25) is 0 Å². The van der Waals surface area contributed by atoms with Crippen molar-refractivity contribution in [3.63, 3.8) is 0 Å². The van der Waals surface area contributed by atoms with Crippen LogP contribution in [0.15, 0.2) is 36.5 Å². The second-order valence-corrected chi connectivity index (χ2v) is 7.37. The Morgan fingerprint density at radius 1 is 1.07 bits per heavy atom. The van der Waals surface area contributed by atoms with Gasteiger partial charge in [0.25, 0.3) is 0 Å². The molecule has 2 aromatic heterocycles. The lowest BCUT2D eigenvalue weighted by Crippen LogP contribution is -2.20. The molecule has 2 N–H and O–H groups in total. The van der Waals surface area contributed by atoms with Gasteiger partial charge in [-0.05, 0) is 32.8 Å². The number of hydrogen-bond acceptors (Lipinski definition) is 6. The van der Waals surface area contributed by atoms with Crippen molar-refractivity contribution in [2.24, 2.45) is 0 Å². The van der Waals surface area contributed by atoms with E-state index in [9.17, 15) is 8.78 Å². The molecule has 4 rings (SSSR count). The molecular weight excluding hydrogens is 390 g/mol. The van der Waals surface area contributed by atoms with Crippen LogP contribution in [0, 0.1) is 18.6 Å². The molecule has 0 saturated carbocycles. The van der Waals surface area contributed by atoms with Gasteiger partial charge in [-0.1, -0.05) is 6.07 Å². The van der Waals surface area contributed by atoms with Gasteiger partial charge in [0.05, 0.1) is 12.1 Å². The van der Waals surface area contributed by atoms with Crippen molar-refractivity contribution in [3.8, 4) is 0 Å². The summed E-state index contributed by atoms with van der Waals surface area (Å²) in [5, 5.41) is 10.9. The number of halogens is 2. The lowest BCUT2D eigenvalue weighted by molar-refractivity contribution is 0.0663. The Bertz CT molecular complexity index is 1020. The van der Waals surface area contributed by atoms with Gasteiger partial charge in [-0.25, -0.2) is 18.7 Å². The van der Waals surface area contributed by atoms with Crippen molar-refractivity contribution < 1.29 is 13.5 Å². The minimum atomic E-state index is -0.604. The number of nitrogens with one attached hydrogen (secondary N) is 2. The van der Waals surface area contributed by atoms with E-state index in [4.69, 9.17) is 4.74 Å². The number of anilines is 3. The van der Waals surface area contributed by atoms with E-state index in [1.807, 2.05) is 16.9 Å². The highest BCUT2D eigenvalue weighted by Crippen LogP contribution is 2.25. The molecule has 9 heteroatoms. The molecule has 158 valence electrons. The summed E-state index contributed by atoms with van der Waals surface area (Å²) < 4.78 is 34.6. The van der Waals surface area contributed by atoms with Gasteiger partial charge in [-0.2, -0.15) is 5.10 Å². The maximum absolute atomic E-state index is 14.1. The third-order valence-corrected chi connectivity index (χ3v) is 5.06. The third-order valence-electron chi connectivity index (χ3n) is 5.06. The Kier molecular flexibility index (Phi) is 5.89. The average Bonchev–Trinajstić information content (AvgIpc) is 3.16. The van der Waals surface area contributed by atoms with Crippen LogP contribution in [-0.2, 0) is 4.74 Å². The van der Waals surface area contributed by atoms with E-state index in [1.165, 1.54) is 12.1 Å². The Morgan fingerprint density at radius 2 is 1.83 bits per heavy atom. The highest BCUT2D eigenvalue weighted by atomic mass is 19.1. The fraction of sp³-hybridized carbons (Fsp3) is 0.381. The lowest BCUT2D eigenvalue weighted by atomic mass is 10.1. The number of aromatic nitrogens is 4. The van der Waals surface area contributed by atoms with E-state index in [2.05, 4.69) is 25.7 Å². The molecule has 3 aromatic rings. The van der Waals surface area contributed by atoms with Crippen molar-refractivity contribution in [1.29, 1.82) is 0 Å². The van der Waals surface area contributed by atoms with Gasteiger partial charge >= 0.3 is 0 Å². The fourth-order valence-corrected chi connectivity index (χ4v) is 3.55. The summed E-state index contributed by atoms with van der Waals surface area (Å²) >= 11 is 0. The van der Waals surface area contributed by atoms with E-state index < -0.39 is 17.7 Å². The minimum Gasteiger partial charge on any atom is -0.381 e. The van der Waals surface area contributed by atoms with Crippen LogP contribution in [0.1, 0.15) is 43.2 Å². The number of benzene rings is 1. The molecule has 1 fully saturated rings. The fourth-order valence-electron chi connectivity index (χ4n) is 3.55. The van der Waals surface area contributed by atoms with Crippen LogP contribution in [0.4, 0.5) is 26.2 Å². The standard InChI is InChI=1S/C21H24F2N6O/c1-13(17-4-3-15(22)11-18(17)23)24-20-12-21(26-14(2)25-20)27-19-5-8-29(28-19)16-6-9-30-10-7-16/h3-5,8,11-13,16H,6-7,9-10H2,1-2H3,(H2,24,25,26,27,28). The molecule has 1 aromatic carbocycles. The van der Waals surface area contributed by atoms with Crippen LogP contribution in [0.3, 0.4) is 0 Å². The number of ether oxygens (including phenoxy) is 1. The van der Waals surface area contributed by atoms with E-state index in [0.717, 1.165) is 32.1 Å². The number of aryl methyl sites for hydroxylation is 1. The molecule has 1 aliphatic rings. The molecule has 1 saturated heterocycles. The normalized spacial score (nSPS) is 15.7. The van der Waals surface area contributed by atoms with Crippen LogP contribution in [-0.4, -0.2) is 33.0 Å². The first kappa shape index (κ1) is 20.2. The van der Waals surface area contributed by atoms with Crippen LogP contribution >= 0.6 is 0 Å². The highest BCUT2D eigenvalue weighted by molar-refractivity contribution is 5.56. The highest BCUT2D eigenvalue weighted by Gasteiger charge is 2.17. The average molecular weight is 414 g/mol. The zero-order valence-electron chi connectivity index (χ0n) is 16.9. The molecule has 30 heavy (non-hydrogen) atoms. The van der Waals surface area contributed by atoms with Gasteiger partial charge in [-0.15, -0.1) is 0 Å². The predicted molar refractivity (Wildman–Crippen MR) is 110 cm³/mol. The second kappa shape index (κ2) is 8.74. The van der Waals surface area contributed by atoms with Crippen LogP contribution < -0.4 is 10.6 Å². The Hall–Kier alpha value is -3.07. The zero-order valence-corrected chi connectivity index (χ0v) is 16.9. The molecule has 1 aliphatic heterocycles. The maximum atomic E-state index is 14.1. The van der Waals surface area contributed by atoms with E-state index in [0.29, 0.717) is 34.9 Å². The summed E-state index contributed by atoms with van der Waals surface area (Å²) in [7, 11) is 0. The van der Waals surface area contributed by atoms with Crippen LogP contribution in [0.25, 0.3) is 0 Å². The smallest absolute Gasteiger partial charge is 0.153 e. The predicted octanol–water partition coefficient (Wildman–Crippen LogP) is 4.53. The van der Waals surface area contributed by atoms with Gasteiger partial charge < -0.3 is 15.4 Å². The van der Waals surface area contributed by atoms with Crippen molar-refractivity contribution >= 4 is 17.5 Å². The molecule has 3 heterocycles. The summed E-state index contributed by atoms with van der Waals surface area (Å²) in [5.74, 6) is 1.14. The number of hydrogen-bond donors (Lipinski definition) is 2. The van der Waals surface area contributed by atoms with Crippen molar-refractivity contribution in [3.05, 3.63) is 59.6 Å². The van der Waals surface area contributed by atoms with Crippen LogP contribution in [0.2, 0.25) is 0 Å². The summed E-state index contributed by atoms with van der Waals surface area (Å²) in [6.45, 7) is 5.07. The quantitative estimate of drug-likeness (QED) is 0.617. The Labute approximate surface area is 173 Å².